The summed E-state index contributed by atoms with van der Waals surface area (Å²) >= 11 is 3.45. The van der Waals surface area contributed by atoms with Crippen LogP contribution in [0.4, 0.5) is 0 Å². The van der Waals surface area contributed by atoms with Crippen molar-refractivity contribution in [3.63, 3.8) is 0 Å². The Labute approximate surface area is 121 Å². The first-order valence-corrected chi connectivity index (χ1v) is 7.39. The molecule has 2 aliphatic rings. The molecule has 0 aromatic heterocycles. The average molecular weight is 325 g/mol. The molecule has 0 amide bonds. The third-order valence-electron chi connectivity index (χ3n) is 4.60. The van der Waals surface area contributed by atoms with Crippen LogP contribution in [0.2, 0.25) is 0 Å². The van der Waals surface area contributed by atoms with Crippen LogP contribution in [0.1, 0.15) is 24.8 Å². The maximum Gasteiger partial charge on any atom is 0.309 e. The first-order valence-electron chi connectivity index (χ1n) is 6.60. The molecule has 0 heterocycles. The van der Waals surface area contributed by atoms with Gasteiger partial charge in [-0.2, -0.15) is 0 Å². The lowest BCUT2D eigenvalue weighted by Crippen LogP contribution is -2.32. The second-order valence-electron chi connectivity index (χ2n) is 5.88. The van der Waals surface area contributed by atoms with Crippen LogP contribution in [0.3, 0.4) is 0 Å². The minimum Gasteiger partial charge on any atom is -0.496 e. The van der Waals surface area contributed by atoms with Crippen LogP contribution in [0, 0.1) is 17.3 Å². The third-order valence-corrected chi connectivity index (χ3v) is 5.09. The molecule has 2 saturated carbocycles. The smallest absolute Gasteiger partial charge is 0.309 e. The third kappa shape index (κ3) is 2.27. The number of carbonyl (C=O) groups is 1. The van der Waals surface area contributed by atoms with E-state index in [-0.39, 0.29) is 0 Å². The van der Waals surface area contributed by atoms with Gasteiger partial charge in [-0.25, -0.2) is 0 Å². The van der Waals surface area contributed by atoms with E-state index in [4.69, 9.17) is 4.74 Å². The second kappa shape index (κ2) is 4.51. The number of carboxylic acid groups (broad SMARTS) is 1. The zero-order valence-electron chi connectivity index (χ0n) is 10.9. The normalized spacial score (nSPS) is 31.9. The van der Waals surface area contributed by atoms with Gasteiger partial charge >= 0.3 is 5.97 Å². The number of ether oxygens (including phenoxy) is 1. The largest absolute Gasteiger partial charge is 0.496 e. The molecule has 2 aliphatic carbocycles. The molecule has 19 heavy (non-hydrogen) atoms. The van der Waals surface area contributed by atoms with E-state index in [1.807, 2.05) is 18.2 Å². The van der Waals surface area contributed by atoms with E-state index in [9.17, 15) is 9.90 Å². The monoisotopic (exact) mass is 324 g/mol. The molecule has 1 aromatic carbocycles. The molecule has 4 heteroatoms. The Kier molecular flexibility index (Phi) is 3.08. The summed E-state index contributed by atoms with van der Waals surface area (Å²) in [4.78, 5) is 11.7. The van der Waals surface area contributed by atoms with Crippen molar-refractivity contribution in [2.24, 2.45) is 17.3 Å². The molecule has 0 bridgehead atoms. The number of carboxylic acids is 1. The van der Waals surface area contributed by atoms with Crippen molar-refractivity contribution in [1.82, 2.24) is 0 Å². The number of rotatable bonds is 4. The SMILES string of the molecule is COc1ccc(Br)cc1CC1(C(=O)O)CC2CC2C1. The van der Waals surface area contributed by atoms with Gasteiger partial charge in [0.05, 0.1) is 12.5 Å². The Balaban J connectivity index is 1.90. The molecule has 0 aliphatic heterocycles. The molecule has 3 rings (SSSR count). The van der Waals surface area contributed by atoms with Crippen molar-refractivity contribution in [2.45, 2.75) is 25.7 Å². The number of hydrogen-bond donors (Lipinski definition) is 1. The molecule has 2 fully saturated rings. The molecule has 0 saturated heterocycles. The number of fused-ring (bicyclic) bond motifs is 1. The molecule has 1 N–H and O–H groups in total. The number of aliphatic carboxylic acids is 1. The molecule has 3 nitrogen and oxygen atoms in total. The van der Waals surface area contributed by atoms with Crippen molar-refractivity contribution in [3.8, 4) is 5.75 Å². The van der Waals surface area contributed by atoms with Crippen molar-refractivity contribution in [1.29, 1.82) is 0 Å². The zero-order valence-corrected chi connectivity index (χ0v) is 12.4. The molecule has 2 atom stereocenters. The van der Waals surface area contributed by atoms with Gasteiger partial charge in [-0.05, 0) is 61.3 Å². The fourth-order valence-corrected chi connectivity index (χ4v) is 3.95. The fourth-order valence-electron chi connectivity index (χ4n) is 3.54. The fraction of sp³-hybridized carbons (Fsp3) is 0.533. The number of benzene rings is 1. The van der Waals surface area contributed by atoms with Gasteiger partial charge in [0.1, 0.15) is 5.75 Å². The quantitative estimate of drug-likeness (QED) is 0.922. The summed E-state index contributed by atoms with van der Waals surface area (Å²) in [6.45, 7) is 0. The Hall–Kier alpha value is -1.03. The summed E-state index contributed by atoms with van der Waals surface area (Å²) in [5.41, 5.74) is 0.405. The highest BCUT2D eigenvalue weighted by Crippen LogP contribution is 2.61. The van der Waals surface area contributed by atoms with Crippen molar-refractivity contribution < 1.29 is 14.6 Å². The lowest BCUT2D eigenvalue weighted by atomic mass is 9.77. The van der Waals surface area contributed by atoms with Crippen LogP contribution in [0.15, 0.2) is 22.7 Å². The number of hydrogen-bond acceptors (Lipinski definition) is 2. The highest BCUT2D eigenvalue weighted by atomic mass is 79.9. The Morgan fingerprint density at radius 2 is 2.16 bits per heavy atom. The van der Waals surface area contributed by atoms with E-state index in [1.165, 1.54) is 6.42 Å². The standard InChI is InChI=1S/C15H17BrO3/c1-19-13-3-2-12(16)5-11(13)8-15(14(17)18)6-9-4-10(9)7-15/h2-3,5,9-10H,4,6-8H2,1H3,(H,17,18). The second-order valence-corrected chi connectivity index (χ2v) is 6.80. The van der Waals surface area contributed by atoms with Gasteiger partial charge in [0.25, 0.3) is 0 Å². The van der Waals surface area contributed by atoms with Crippen molar-refractivity contribution in [2.75, 3.05) is 7.11 Å². The van der Waals surface area contributed by atoms with Crippen LogP contribution < -0.4 is 4.74 Å². The molecule has 1 aromatic rings. The summed E-state index contributed by atoms with van der Waals surface area (Å²) < 4.78 is 6.32. The summed E-state index contributed by atoms with van der Waals surface area (Å²) in [5.74, 6) is 1.43. The topological polar surface area (TPSA) is 46.5 Å². The van der Waals surface area contributed by atoms with E-state index in [0.29, 0.717) is 18.3 Å². The van der Waals surface area contributed by atoms with Gasteiger partial charge in [-0.15, -0.1) is 0 Å². The Morgan fingerprint density at radius 3 is 2.74 bits per heavy atom. The zero-order chi connectivity index (χ0) is 13.6. The number of halogens is 1. The first kappa shape index (κ1) is 13.0. The van der Waals surface area contributed by atoms with Gasteiger partial charge in [0, 0.05) is 4.47 Å². The van der Waals surface area contributed by atoms with Gasteiger partial charge in [0.2, 0.25) is 0 Å². The van der Waals surface area contributed by atoms with Crippen molar-refractivity contribution in [3.05, 3.63) is 28.2 Å². The van der Waals surface area contributed by atoms with E-state index in [1.54, 1.807) is 7.11 Å². The van der Waals surface area contributed by atoms with Crippen LogP contribution in [-0.2, 0) is 11.2 Å². The molecular weight excluding hydrogens is 308 g/mol. The van der Waals surface area contributed by atoms with Gasteiger partial charge in [-0.3, -0.25) is 4.79 Å². The predicted octanol–water partition coefficient (Wildman–Crippen LogP) is 3.50. The summed E-state index contributed by atoms with van der Waals surface area (Å²) in [6.07, 6.45) is 3.44. The molecule has 0 radical (unpaired) electrons. The van der Waals surface area contributed by atoms with Gasteiger partial charge in [-0.1, -0.05) is 15.9 Å². The van der Waals surface area contributed by atoms with Crippen LogP contribution in [-0.4, -0.2) is 18.2 Å². The molecular formula is C15H17BrO3. The van der Waals surface area contributed by atoms with Gasteiger partial charge in [0.15, 0.2) is 0 Å². The van der Waals surface area contributed by atoms with Crippen molar-refractivity contribution >= 4 is 21.9 Å². The highest BCUT2D eigenvalue weighted by molar-refractivity contribution is 9.10. The van der Waals surface area contributed by atoms with E-state index in [0.717, 1.165) is 28.6 Å². The van der Waals surface area contributed by atoms with E-state index >= 15 is 0 Å². The lowest BCUT2D eigenvalue weighted by Gasteiger charge is -2.26. The minimum absolute atomic E-state index is 0.567. The molecule has 0 spiro atoms. The average Bonchev–Trinajstić information content (AvgIpc) is 2.97. The summed E-state index contributed by atoms with van der Waals surface area (Å²) in [6, 6.07) is 5.79. The lowest BCUT2D eigenvalue weighted by molar-refractivity contribution is -0.149. The van der Waals surface area contributed by atoms with E-state index < -0.39 is 11.4 Å². The highest BCUT2D eigenvalue weighted by Gasteiger charge is 2.57. The van der Waals surface area contributed by atoms with Crippen LogP contribution >= 0.6 is 15.9 Å². The minimum atomic E-state index is -0.651. The number of methoxy groups -OCH3 is 1. The Bertz CT molecular complexity index is 516. The maximum absolute atomic E-state index is 11.7. The van der Waals surface area contributed by atoms with Crippen LogP contribution in [0.5, 0.6) is 5.75 Å². The molecule has 2 unspecified atom stereocenters. The predicted molar refractivity (Wildman–Crippen MR) is 75.3 cm³/mol. The van der Waals surface area contributed by atoms with Gasteiger partial charge < -0.3 is 9.84 Å². The molecule has 102 valence electrons. The van der Waals surface area contributed by atoms with Crippen LogP contribution in [0.25, 0.3) is 0 Å². The first-order chi connectivity index (χ1) is 9.04. The maximum atomic E-state index is 11.7. The van der Waals surface area contributed by atoms with E-state index in [2.05, 4.69) is 15.9 Å². The summed E-state index contributed by atoms with van der Waals surface area (Å²) in [5, 5.41) is 9.64. The Morgan fingerprint density at radius 1 is 1.47 bits per heavy atom. The summed E-state index contributed by atoms with van der Waals surface area (Å²) in [7, 11) is 1.63.